The molecule has 0 atom stereocenters. The van der Waals surface area contributed by atoms with E-state index in [1.165, 1.54) is 0 Å². The summed E-state index contributed by atoms with van der Waals surface area (Å²) in [6.07, 6.45) is 0. The minimum Gasteiger partial charge on any atom is 0 e. The zero-order valence-electron chi connectivity index (χ0n) is 3.24. The summed E-state index contributed by atoms with van der Waals surface area (Å²) in [4.78, 5) is 8.36. The van der Waals surface area contributed by atoms with E-state index in [4.69, 9.17) is 22.1 Å². The zero-order valence-corrected chi connectivity index (χ0v) is 11.3. The van der Waals surface area contributed by atoms with E-state index in [0.29, 0.717) is 32.3 Å². The number of rotatable bonds is 0. The average Bonchev–Trinajstić information content (AvgIpc) is 1.41. The van der Waals surface area contributed by atoms with Gasteiger partial charge in [-0.1, -0.05) is 0 Å². The molecule has 0 rings (SSSR count). The van der Waals surface area contributed by atoms with Gasteiger partial charge in [0.1, 0.15) is 0 Å². The molecule has 0 amide bonds. The number of hydrogen-bond acceptors (Lipinski definition) is 2. The molecule has 1 N–H and O–H groups in total. The average molecular weight is 376 g/mol. The molecule has 1 radical (unpaired) electrons. The van der Waals surface area contributed by atoms with Crippen LogP contribution in [0.1, 0.15) is 0 Å². The fourth-order valence-corrected chi connectivity index (χ4v) is 0. The Kier molecular flexibility index (Phi) is 35.7. The largest absolute Gasteiger partial charge is 0 e. The van der Waals surface area contributed by atoms with Crippen LogP contribution in [0.2, 0.25) is 0 Å². The third kappa shape index (κ3) is 77.1. The van der Waals surface area contributed by atoms with Crippen molar-refractivity contribution in [1.29, 1.82) is 0 Å². The minimum atomic E-state index is -1.50. The first-order chi connectivity index (χ1) is 2.73. The standard InChI is InChI=1S/ClH.2La.HNO3/c;;;2-1(3)4/h1H;;;(H,2,3,4)/q;;+1;/p-1. The second kappa shape index (κ2) is 15.7. The normalized spacial score (nSPS) is 4.00. The van der Waals surface area contributed by atoms with Crippen LogP contribution in [0.4, 0.5) is 0 Å². The molecule has 0 spiro atoms. The Morgan fingerprint density at radius 1 is 1.71 bits per heavy atom. The molecule has 0 saturated heterocycles. The van der Waals surface area contributed by atoms with Crippen molar-refractivity contribution >= 4 is 6.79 Å². The molecule has 0 bridgehead atoms. The van der Waals surface area contributed by atoms with Gasteiger partial charge in [0.05, 0.1) is 0 Å². The summed E-state index contributed by atoms with van der Waals surface area (Å²) in [5.74, 6) is 0. The molecule has 0 fully saturated rings. The van der Waals surface area contributed by atoms with Gasteiger partial charge in [-0.05, 0) is 0 Å². The molecular weight excluding hydrogens is 375 g/mol. The van der Waals surface area contributed by atoms with Gasteiger partial charge < -0.3 is 5.21 Å². The number of hydrogen-bond donors (Lipinski definition) is 1. The maximum absolute atomic E-state index is 8.36. The summed E-state index contributed by atoms with van der Waals surface area (Å²) in [7, 11) is 0. The molecule has 7 heavy (non-hydrogen) atoms. The monoisotopic (exact) mass is 376 g/mol. The molecule has 0 aromatic heterocycles. The molecule has 4 nitrogen and oxygen atoms in total. The molecule has 7 heteroatoms. The second-order valence-corrected chi connectivity index (χ2v) is 0.238. The van der Waals surface area contributed by atoms with Crippen LogP contribution in [-0.2, 0) is 0 Å². The molecule has 0 aliphatic rings. The third-order valence-corrected chi connectivity index (χ3v) is 0. The van der Waals surface area contributed by atoms with Crippen molar-refractivity contribution in [2.24, 2.45) is 0 Å². The van der Waals surface area contributed by atoms with E-state index in [2.05, 4.69) is 0 Å². The summed E-state index contributed by atoms with van der Waals surface area (Å²) in [6, 6.07) is 0. The number of halogens is 1. The van der Waals surface area contributed by atoms with Crippen LogP contribution in [0.5, 0.6) is 0 Å². The Morgan fingerprint density at radius 3 is 1.71 bits per heavy atom. The molecule has 0 aromatic carbocycles. The van der Waals surface area contributed by atoms with Gasteiger partial charge in [0.25, 0.3) is 5.09 Å². The van der Waals surface area contributed by atoms with E-state index in [1.54, 1.807) is 0 Å². The van der Waals surface area contributed by atoms with Crippen LogP contribution in [-0.4, -0.2) is 10.3 Å². The molecule has 0 aliphatic carbocycles. The summed E-state index contributed by atoms with van der Waals surface area (Å²) >= 11 is 0.639. The predicted molar refractivity (Wildman–Crippen MR) is 14.6 cm³/mol. The Morgan fingerprint density at radius 2 is 1.71 bits per heavy atom. The van der Waals surface area contributed by atoms with E-state index < -0.39 is 5.09 Å². The topological polar surface area (TPSA) is 63.4 Å². The Labute approximate surface area is 93.2 Å². The zero-order chi connectivity index (χ0) is 5.58. The van der Waals surface area contributed by atoms with Gasteiger partial charge in [0, 0.05) is 35.6 Å². The fraction of sp³-hybridized carbons (Fsp3) is 0. The van der Waals surface area contributed by atoms with E-state index in [-0.39, 0.29) is 35.6 Å². The molecule has 0 aromatic rings. The quantitative estimate of drug-likeness (QED) is 0.490. The maximum Gasteiger partial charge on any atom is 0 e. The number of nitrogens with zero attached hydrogens (tertiary/aromatic N) is 1. The van der Waals surface area contributed by atoms with Crippen molar-refractivity contribution < 1.29 is 78.2 Å². The first kappa shape index (κ1) is 15.9. The van der Waals surface area contributed by atoms with Crippen molar-refractivity contribution in [3.63, 3.8) is 0 Å². The third-order valence-electron chi connectivity index (χ3n) is 0. The molecule has 0 unspecified atom stereocenters. The Bertz CT molecular complexity index is 35.9. The van der Waals surface area contributed by atoms with Gasteiger partial charge in [0.2, 0.25) is 0 Å². The van der Waals surface area contributed by atoms with Crippen LogP contribution in [0.15, 0.2) is 0 Å². The Balaban J connectivity index is -0.0000000480. The predicted octanol–water partition coefficient (Wildman–Crippen LogP) is 0.342. The van der Waals surface area contributed by atoms with Gasteiger partial charge in [0.15, 0.2) is 0 Å². The van der Waals surface area contributed by atoms with Gasteiger partial charge in [-0.15, -0.1) is 10.1 Å². The minimum absolute atomic E-state index is 0. The first-order valence-electron chi connectivity index (χ1n) is 0.783. The summed E-state index contributed by atoms with van der Waals surface area (Å²) in [5.41, 5.74) is 0. The smallest absolute Gasteiger partial charge is 0 e. The van der Waals surface area contributed by atoms with E-state index >= 15 is 0 Å². The van der Waals surface area contributed by atoms with Crippen molar-refractivity contribution in [3.8, 4) is 0 Å². The van der Waals surface area contributed by atoms with Crippen LogP contribution in [0.3, 0.4) is 0 Å². The van der Waals surface area contributed by atoms with Crippen LogP contribution in [0, 0.1) is 78.0 Å². The van der Waals surface area contributed by atoms with E-state index in [9.17, 15) is 0 Å². The maximum atomic E-state index is 8.36. The molecule has 0 aliphatic heterocycles. The van der Waals surface area contributed by atoms with Crippen molar-refractivity contribution in [2.45, 2.75) is 0 Å². The SMILES string of the molecule is O=[N+]([O-])O.[Cl][La].[La]. The molecule has 37 valence electrons. The van der Waals surface area contributed by atoms with Gasteiger partial charge >= 0.3 is 39.1 Å². The van der Waals surface area contributed by atoms with Crippen LogP contribution >= 0.6 is 6.79 Å². The molecule has 0 heterocycles. The summed E-state index contributed by atoms with van der Waals surface area (Å²) in [6.45, 7) is 4.81. The van der Waals surface area contributed by atoms with E-state index in [1.807, 2.05) is 0 Å². The van der Waals surface area contributed by atoms with E-state index in [0.717, 1.165) is 0 Å². The van der Waals surface area contributed by atoms with Gasteiger partial charge in [-0.25, -0.2) is 0 Å². The van der Waals surface area contributed by atoms with Crippen molar-refractivity contribution in [2.75, 3.05) is 0 Å². The first-order valence-corrected chi connectivity index (χ1v) is 5.33. The van der Waals surface area contributed by atoms with Gasteiger partial charge in [-0.2, -0.15) is 0 Å². The van der Waals surface area contributed by atoms with Crippen molar-refractivity contribution in [3.05, 3.63) is 10.1 Å². The van der Waals surface area contributed by atoms with Crippen molar-refractivity contribution in [1.82, 2.24) is 0 Å². The second-order valence-electron chi connectivity index (χ2n) is 0.238. The summed E-state index contributed by atoms with van der Waals surface area (Å²) in [5, 5.41) is 13.6. The summed E-state index contributed by atoms with van der Waals surface area (Å²) < 4.78 is 0. The van der Waals surface area contributed by atoms with Crippen LogP contribution in [0.25, 0.3) is 0 Å². The van der Waals surface area contributed by atoms with Gasteiger partial charge in [-0.3, -0.25) is 0 Å². The fourth-order valence-electron chi connectivity index (χ4n) is 0. The van der Waals surface area contributed by atoms with Crippen LogP contribution < -0.4 is 0 Å². The Hall–Kier alpha value is 1.88. The molecule has 0 saturated carbocycles. The molecular formula is HClLa2NO3.